The summed E-state index contributed by atoms with van der Waals surface area (Å²) in [6.45, 7) is 2.09. The molecule has 0 radical (unpaired) electrons. The standard InChI is InChI=1S/C17H16ClN5OS/c18-16-13(23-9-10-25-17(23)21-16)4-6-15(24)20-12-3-5-14(19-11-12)22-7-1-2-8-22/h3-6,9-11H,1-2,7-8H2,(H,20,24)/b6-4+. The summed E-state index contributed by atoms with van der Waals surface area (Å²) >= 11 is 7.60. The van der Waals surface area contributed by atoms with E-state index in [0.717, 1.165) is 23.9 Å². The second-order valence-corrected chi connectivity index (χ2v) is 7.00. The fourth-order valence-corrected chi connectivity index (χ4v) is 3.86. The van der Waals surface area contributed by atoms with Crippen LogP contribution in [-0.4, -0.2) is 33.4 Å². The quantitative estimate of drug-likeness (QED) is 0.708. The van der Waals surface area contributed by atoms with E-state index in [0.29, 0.717) is 16.5 Å². The number of carbonyl (C=O) groups excluding carboxylic acids is 1. The van der Waals surface area contributed by atoms with Crippen molar-refractivity contribution in [3.8, 4) is 0 Å². The van der Waals surface area contributed by atoms with Crippen molar-refractivity contribution < 1.29 is 4.79 Å². The molecule has 0 saturated carbocycles. The Morgan fingerprint density at radius 1 is 1.32 bits per heavy atom. The van der Waals surface area contributed by atoms with Crippen LogP contribution in [0.1, 0.15) is 18.5 Å². The highest BCUT2D eigenvalue weighted by molar-refractivity contribution is 7.15. The van der Waals surface area contributed by atoms with E-state index >= 15 is 0 Å². The first-order valence-corrected chi connectivity index (χ1v) is 9.27. The number of hydrogen-bond donors (Lipinski definition) is 1. The van der Waals surface area contributed by atoms with Crippen LogP contribution in [0.15, 0.2) is 36.0 Å². The molecule has 1 aliphatic rings. The SMILES string of the molecule is O=C(/C=C/c1c(Cl)nc2sccn12)Nc1ccc(N2CCCC2)nc1. The van der Waals surface area contributed by atoms with Crippen LogP contribution in [0, 0.1) is 0 Å². The average Bonchev–Trinajstić information content (AvgIpc) is 3.32. The first-order valence-electron chi connectivity index (χ1n) is 8.02. The Hall–Kier alpha value is -2.38. The fourth-order valence-electron chi connectivity index (χ4n) is 2.86. The number of halogens is 1. The number of pyridine rings is 1. The second-order valence-electron chi connectivity index (χ2n) is 5.77. The van der Waals surface area contributed by atoms with Crippen molar-refractivity contribution in [1.29, 1.82) is 0 Å². The van der Waals surface area contributed by atoms with Crippen LogP contribution in [0.3, 0.4) is 0 Å². The third kappa shape index (κ3) is 3.38. The minimum Gasteiger partial charge on any atom is -0.357 e. The number of rotatable bonds is 4. The highest BCUT2D eigenvalue weighted by Gasteiger charge is 2.13. The molecule has 0 bridgehead atoms. The van der Waals surface area contributed by atoms with Gasteiger partial charge in [0.2, 0.25) is 5.91 Å². The van der Waals surface area contributed by atoms with Crippen molar-refractivity contribution >= 4 is 51.4 Å². The van der Waals surface area contributed by atoms with Gasteiger partial charge in [0.25, 0.3) is 0 Å². The summed E-state index contributed by atoms with van der Waals surface area (Å²) in [6, 6.07) is 3.81. The zero-order valence-electron chi connectivity index (χ0n) is 13.4. The van der Waals surface area contributed by atoms with Gasteiger partial charge in [-0.25, -0.2) is 9.97 Å². The van der Waals surface area contributed by atoms with E-state index in [2.05, 4.69) is 20.2 Å². The van der Waals surface area contributed by atoms with Gasteiger partial charge in [0.05, 0.1) is 17.6 Å². The molecule has 0 aliphatic carbocycles. The van der Waals surface area contributed by atoms with Crippen molar-refractivity contribution in [2.45, 2.75) is 12.8 Å². The third-order valence-corrected chi connectivity index (χ3v) is 5.13. The van der Waals surface area contributed by atoms with E-state index in [4.69, 9.17) is 11.6 Å². The molecule has 1 saturated heterocycles. The fraction of sp³-hybridized carbons (Fsp3) is 0.235. The topological polar surface area (TPSA) is 62.5 Å². The predicted molar refractivity (Wildman–Crippen MR) is 101 cm³/mol. The van der Waals surface area contributed by atoms with Gasteiger partial charge in [0, 0.05) is 30.7 Å². The van der Waals surface area contributed by atoms with E-state index in [9.17, 15) is 4.79 Å². The van der Waals surface area contributed by atoms with Crippen LogP contribution >= 0.6 is 22.9 Å². The van der Waals surface area contributed by atoms with Crippen molar-refractivity contribution in [3.05, 3.63) is 46.8 Å². The molecule has 4 rings (SSSR count). The lowest BCUT2D eigenvalue weighted by atomic mass is 10.3. The predicted octanol–water partition coefficient (Wildman–Crippen LogP) is 3.70. The summed E-state index contributed by atoms with van der Waals surface area (Å²) in [6.07, 6.45) is 9.08. The van der Waals surface area contributed by atoms with E-state index in [1.54, 1.807) is 12.3 Å². The lowest BCUT2D eigenvalue weighted by molar-refractivity contribution is -0.111. The molecule has 25 heavy (non-hydrogen) atoms. The Labute approximate surface area is 153 Å². The molecule has 1 aliphatic heterocycles. The van der Waals surface area contributed by atoms with Crippen molar-refractivity contribution in [1.82, 2.24) is 14.4 Å². The molecular weight excluding hydrogens is 358 g/mol. The van der Waals surface area contributed by atoms with Crippen LogP contribution < -0.4 is 10.2 Å². The first kappa shape index (κ1) is 16.1. The van der Waals surface area contributed by atoms with Gasteiger partial charge < -0.3 is 10.2 Å². The normalized spacial score (nSPS) is 14.7. The van der Waals surface area contributed by atoms with Gasteiger partial charge in [-0.2, -0.15) is 0 Å². The van der Waals surface area contributed by atoms with Crippen molar-refractivity contribution in [2.75, 3.05) is 23.3 Å². The maximum Gasteiger partial charge on any atom is 0.248 e. The molecule has 1 amide bonds. The molecule has 0 unspecified atom stereocenters. The van der Waals surface area contributed by atoms with Gasteiger partial charge in [0.15, 0.2) is 10.1 Å². The number of carbonyl (C=O) groups is 1. The Balaban J connectivity index is 1.43. The van der Waals surface area contributed by atoms with Crippen LogP contribution in [0.25, 0.3) is 11.0 Å². The van der Waals surface area contributed by atoms with Gasteiger partial charge in [0.1, 0.15) is 5.82 Å². The maximum atomic E-state index is 12.1. The minimum absolute atomic E-state index is 0.239. The number of imidazole rings is 1. The minimum atomic E-state index is -0.239. The molecule has 3 aromatic heterocycles. The van der Waals surface area contributed by atoms with Crippen LogP contribution in [-0.2, 0) is 4.79 Å². The van der Waals surface area contributed by atoms with Crippen molar-refractivity contribution in [3.63, 3.8) is 0 Å². The number of nitrogens with one attached hydrogen (secondary N) is 1. The highest BCUT2D eigenvalue weighted by atomic mass is 35.5. The number of nitrogens with zero attached hydrogens (tertiary/aromatic N) is 4. The Morgan fingerprint density at radius 2 is 2.16 bits per heavy atom. The van der Waals surface area contributed by atoms with Crippen LogP contribution in [0.5, 0.6) is 0 Å². The monoisotopic (exact) mass is 373 g/mol. The zero-order valence-corrected chi connectivity index (χ0v) is 14.9. The van der Waals surface area contributed by atoms with E-state index < -0.39 is 0 Å². The smallest absolute Gasteiger partial charge is 0.248 e. The number of hydrogen-bond acceptors (Lipinski definition) is 5. The lowest BCUT2D eigenvalue weighted by Crippen LogP contribution is -2.19. The molecular formula is C17H16ClN5OS. The molecule has 6 nitrogen and oxygen atoms in total. The lowest BCUT2D eigenvalue weighted by Gasteiger charge is -2.16. The average molecular weight is 374 g/mol. The highest BCUT2D eigenvalue weighted by Crippen LogP contribution is 2.22. The Morgan fingerprint density at radius 3 is 2.92 bits per heavy atom. The second kappa shape index (κ2) is 6.85. The molecule has 4 heterocycles. The largest absolute Gasteiger partial charge is 0.357 e. The summed E-state index contributed by atoms with van der Waals surface area (Å²) in [4.78, 5) is 23.8. The van der Waals surface area contributed by atoms with Gasteiger partial charge in [-0.1, -0.05) is 11.6 Å². The summed E-state index contributed by atoms with van der Waals surface area (Å²) in [5.41, 5.74) is 1.35. The number of fused-ring (bicyclic) bond motifs is 1. The van der Waals surface area contributed by atoms with Crippen LogP contribution in [0.4, 0.5) is 11.5 Å². The number of amides is 1. The molecule has 1 fully saturated rings. The molecule has 1 N–H and O–H groups in total. The van der Waals surface area contributed by atoms with Crippen LogP contribution in [0.2, 0.25) is 5.15 Å². The van der Waals surface area contributed by atoms with Gasteiger partial charge in [-0.3, -0.25) is 9.20 Å². The molecule has 128 valence electrons. The molecule has 8 heteroatoms. The first-order chi connectivity index (χ1) is 12.2. The third-order valence-electron chi connectivity index (χ3n) is 4.09. The Bertz CT molecular complexity index is 924. The van der Waals surface area contributed by atoms with E-state index in [1.807, 2.05) is 28.1 Å². The summed E-state index contributed by atoms with van der Waals surface area (Å²) in [5, 5.41) is 5.11. The van der Waals surface area contributed by atoms with Gasteiger partial charge >= 0.3 is 0 Å². The van der Waals surface area contributed by atoms with E-state index in [1.165, 1.54) is 30.3 Å². The number of aromatic nitrogens is 3. The summed E-state index contributed by atoms with van der Waals surface area (Å²) in [7, 11) is 0. The van der Waals surface area contributed by atoms with Crippen molar-refractivity contribution in [2.24, 2.45) is 0 Å². The number of thiazole rings is 1. The number of anilines is 2. The van der Waals surface area contributed by atoms with E-state index in [-0.39, 0.29) is 5.91 Å². The summed E-state index contributed by atoms with van der Waals surface area (Å²) < 4.78 is 1.85. The summed E-state index contributed by atoms with van der Waals surface area (Å²) in [5.74, 6) is 0.717. The zero-order chi connectivity index (χ0) is 17.2. The van der Waals surface area contributed by atoms with Gasteiger partial charge in [-0.15, -0.1) is 11.3 Å². The molecule has 0 spiro atoms. The molecule has 0 aromatic carbocycles. The molecule has 3 aromatic rings. The van der Waals surface area contributed by atoms with Gasteiger partial charge in [-0.05, 0) is 31.1 Å². The Kier molecular flexibility index (Phi) is 4.42. The molecule has 0 atom stereocenters. The maximum absolute atomic E-state index is 12.1.